The SMILES string of the molecule is CC[C@H](O[Si](CC)(CC)CC)C(=O)OCc1ccc2c(c1)OCO2. The molecule has 2 rings (SSSR count). The fourth-order valence-corrected chi connectivity index (χ4v) is 5.74. The minimum absolute atomic E-state index is 0.217. The van der Waals surface area contributed by atoms with Crippen molar-refractivity contribution in [2.75, 3.05) is 6.79 Å². The van der Waals surface area contributed by atoms with E-state index in [0.29, 0.717) is 12.2 Å². The molecule has 0 saturated carbocycles. The molecule has 0 radical (unpaired) electrons. The van der Waals surface area contributed by atoms with Crippen molar-refractivity contribution in [3.8, 4) is 11.5 Å². The number of esters is 1. The molecule has 0 amide bonds. The van der Waals surface area contributed by atoms with Crippen LogP contribution in [0.25, 0.3) is 0 Å². The van der Waals surface area contributed by atoms with E-state index in [4.69, 9.17) is 18.6 Å². The van der Waals surface area contributed by atoms with Crippen LogP contribution < -0.4 is 9.47 Å². The fraction of sp³-hybridized carbons (Fsp3) is 0.611. The van der Waals surface area contributed by atoms with Gasteiger partial charge in [-0.05, 0) is 42.2 Å². The standard InChI is InChI=1S/C18H28O5Si/c1-5-15(23-24(6-2,7-3)8-4)18(19)20-12-14-9-10-16-17(11-14)22-13-21-16/h9-11,15H,5-8,12-13H2,1-4H3/t15-/m0/s1. The quantitative estimate of drug-likeness (QED) is 0.491. The molecule has 0 aliphatic carbocycles. The Bertz CT molecular complexity index is 548. The van der Waals surface area contributed by atoms with Crippen LogP contribution in [-0.4, -0.2) is 27.2 Å². The highest BCUT2D eigenvalue weighted by Crippen LogP contribution is 2.32. The maximum atomic E-state index is 12.4. The molecule has 24 heavy (non-hydrogen) atoms. The van der Waals surface area contributed by atoms with Gasteiger partial charge in [0.2, 0.25) is 6.79 Å². The van der Waals surface area contributed by atoms with E-state index >= 15 is 0 Å². The summed E-state index contributed by atoms with van der Waals surface area (Å²) in [6.45, 7) is 8.89. The zero-order chi connectivity index (χ0) is 17.6. The van der Waals surface area contributed by atoms with E-state index < -0.39 is 14.4 Å². The van der Waals surface area contributed by atoms with Gasteiger partial charge in [0.1, 0.15) is 12.7 Å². The molecule has 134 valence electrons. The molecule has 0 N–H and O–H groups in total. The highest BCUT2D eigenvalue weighted by Gasteiger charge is 2.34. The van der Waals surface area contributed by atoms with Crippen LogP contribution in [0.5, 0.6) is 11.5 Å². The number of benzene rings is 1. The van der Waals surface area contributed by atoms with Gasteiger partial charge < -0.3 is 18.6 Å². The van der Waals surface area contributed by atoms with Crippen molar-refractivity contribution in [3.63, 3.8) is 0 Å². The molecular formula is C18H28O5Si. The Balaban J connectivity index is 1.94. The Morgan fingerprint density at radius 2 is 1.79 bits per heavy atom. The summed E-state index contributed by atoms with van der Waals surface area (Å²) in [6.07, 6.45) is 0.167. The van der Waals surface area contributed by atoms with Gasteiger partial charge >= 0.3 is 5.97 Å². The number of carbonyl (C=O) groups excluding carboxylic acids is 1. The predicted octanol–water partition coefficient (Wildman–Crippen LogP) is 4.26. The van der Waals surface area contributed by atoms with Gasteiger partial charge in [-0.3, -0.25) is 0 Å². The van der Waals surface area contributed by atoms with Crippen molar-refractivity contribution in [2.45, 2.75) is 65.0 Å². The van der Waals surface area contributed by atoms with E-state index in [9.17, 15) is 4.79 Å². The molecule has 0 unspecified atom stereocenters. The monoisotopic (exact) mass is 352 g/mol. The van der Waals surface area contributed by atoms with Crippen LogP contribution in [0.1, 0.15) is 39.7 Å². The van der Waals surface area contributed by atoms with Gasteiger partial charge in [0.05, 0.1) is 0 Å². The third-order valence-electron chi connectivity index (χ3n) is 4.78. The Morgan fingerprint density at radius 3 is 2.42 bits per heavy atom. The summed E-state index contributed by atoms with van der Waals surface area (Å²) in [5.41, 5.74) is 0.882. The van der Waals surface area contributed by atoms with Gasteiger partial charge in [-0.15, -0.1) is 0 Å². The normalized spacial score (nSPS) is 14.5. The largest absolute Gasteiger partial charge is 0.459 e. The first-order valence-electron chi connectivity index (χ1n) is 8.80. The summed E-state index contributed by atoms with van der Waals surface area (Å²) in [7, 11) is -1.82. The molecule has 1 aromatic rings. The Kier molecular flexibility index (Phi) is 6.68. The Labute approximate surface area is 145 Å². The molecule has 0 saturated heterocycles. The average Bonchev–Trinajstić information content (AvgIpc) is 3.09. The van der Waals surface area contributed by atoms with Gasteiger partial charge in [-0.25, -0.2) is 4.79 Å². The van der Waals surface area contributed by atoms with Crippen LogP contribution in [0.2, 0.25) is 18.1 Å². The minimum atomic E-state index is -1.82. The molecule has 0 fully saturated rings. The molecule has 0 aromatic heterocycles. The number of fused-ring (bicyclic) bond motifs is 1. The molecule has 1 heterocycles. The second kappa shape index (κ2) is 8.53. The summed E-state index contributed by atoms with van der Waals surface area (Å²) in [6, 6.07) is 8.62. The van der Waals surface area contributed by atoms with Crippen LogP contribution in [0.4, 0.5) is 0 Å². The number of ether oxygens (including phenoxy) is 3. The van der Waals surface area contributed by atoms with Gasteiger partial charge in [0.25, 0.3) is 0 Å². The number of hydrogen-bond donors (Lipinski definition) is 0. The zero-order valence-electron chi connectivity index (χ0n) is 15.1. The second-order valence-electron chi connectivity index (χ2n) is 6.05. The fourth-order valence-electron chi connectivity index (χ4n) is 2.88. The third kappa shape index (κ3) is 4.30. The third-order valence-corrected chi connectivity index (χ3v) is 9.43. The highest BCUT2D eigenvalue weighted by atomic mass is 28.4. The first kappa shape index (κ1) is 18.8. The molecule has 1 aromatic carbocycles. The molecule has 0 spiro atoms. The van der Waals surface area contributed by atoms with Crippen LogP contribution >= 0.6 is 0 Å². The topological polar surface area (TPSA) is 54.0 Å². The van der Waals surface area contributed by atoms with Crippen LogP contribution in [-0.2, 0) is 20.6 Å². The first-order chi connectivity index (χ1) is 11.6. The summed E-state index contributed by atoms with van der Waals surface area (Å²) in [4.78, 5) is 12.4. The number of hydrogen-bond acceptors (Lipinski definition) is 5. The lowest BCUT2D eigenvalue weighted by Crippen LogP contribution is -2.43. The summed E-state index contributed by atoms with van der Waals surface area (Å²) in [5.74, 6) is 1.15. The van der Waals surface area contributed by atoms with E-state index in [2.05, 4.69) is 20.8 Å². The van der Waals surface area contributed by atoms with Gasteiger partial charge in [0, 0.05) is 0 Å². The van der Waals surface area contributed by atoms with Crippen molar-refractivity contribution in [1.29, 1.82) is 0 Å². The molecule has 5 nitrogen and oxygen atoms in total. The lowest BCUT2D eigenvalue weighted by Gasteiger charge is -2.31. The summed E-state index contributed by atoms with van der Waals surface area (Å²) < 4.78 is 22.4. The first-order valence-corrected chi connectivity index (χ1v) is 11.3. The second-order valence-corrected chi connectivity index (χ2v) is 10.8. The Hall–Kier alpha value is -1.53. The molecule has 1 atom stereocenters. The number of carbonyl (C=O) groups is 1. The predicted molar refractivity (Wildman–Crippen MR) is 94.7 cm³/mol. The lowest BCUT2D eigenvalue weighted by atomic mass is 10.2. The van der Waals surface area contributed by atoms with Crippen molar-refractivity contribution >= 4 is 14.3 Å². The van der Waals surface area contributed by atoms with E-state index in [1.807, 2.05) is 25.1 Å². The zero-order valence-corrected chi connectivity index (χ0v) is 16.1. The van der Waals surface area contributed by atoms with E-state index in [-0.39, 0.29) is 19.4 Å². The molecule has 1 aliphatic rings. The van der Waals surface area contributed by atoms with E-state index in [1.165, 1.54) is 0 Å². The van der Waals surface area contributed by atoms with Gasteiger partial charge in [-0.1, -0.05) is 33.8 Å². The van der Waals surface area contributed by atoms with Gasteiger partial charge in [0.15, 0.2) is 19.8 Å². The maximum Gasteiger partial charge on any atom is 0.334 e. The minimum Gasteiger partial charge on any atom is -0.459 e. The molecule has 0 bridgehead atoms. The molecule has 6 heteroatoms. The van der Waals surface area contributed by atoms with Crippen molar-refractivity contribution in [1.82, 2.24) is 0 Å². The van der Waals surface area contributed by atoms with Gasteiger partial charge in [-0.2, -0.15) is 0 Å². The van der Waals surface area contributed by atoms with Crippen LogP contribution in [0.15, 0.2) is 18.2 Å². The summed E-state index contributed by atoms with van der Waals surface area (Å²) in [5, 5.41) is 0. The average molecular weight is 353 g/mol. The number of rotatable bonds is 9. The molecule has 1 aliphatic heterocycles. The smallest absolute Gasteiger partial charge is 0.334 e. The van der Waals surface area contributed by atoms with E-state index in [1.54, 1.807) is 0 Å². The highest BCUT2D eigenvalue weighted by molar-refractivity contribution is 6.73. The van der Waals surface area contributed by atoms with Crippen LogP contribution in [0, 0.1) is 0 Å². The lowest BCUT2D eigenvalue weighted by molar-refractivity contribution is -0.154. The van der Waals surface area contributed by atoms with Crippen molar-refractivity contribution in [3.05, 3.63) is 23.8 Å². The molecular weight excluding hydrogens is 324 g/mol. The van der Waals surface area contributed by atoms with Crippen molar-refractivity contribution < 1.29 is 23.4 Å². The van der Waals surface area contributed by atoms with E-state index in [0.717, 1.165) is 29.4 Å². The summed E-state index contributed by atoms with van der Waals surface area (Å²) >= 11 is 0. The van der Waals surface area contributed by atoms with Crippen LogP contribution in [0.3, 0.4) is 0 Å². The maximum absolute atomic E-state index is 12.4. The Morgan fingerprint density at radius 1 is 1.12 bits per heavy atom. The van der Waals surface area contributed by atoms with Crippen molar-refractivity contribution in [2.24, 2.45) is 0 Å².